The Morgan fingerprint density at radius 1 is 0.848 bits per heavy atom. The van der Waals surface area contributed by atoms with Crippen molar-refractivity contribution in [3.05, 3.63) is 71.8 Å². The molecule has 3 unspecified atom stereocenters. The van der Waals surface area contributed by atoms with E-state index in [0.29, 0.717) is 19.3 Å². The summed E-state index contributed by atoms with van der Waals surface area (Å²) in [5.74, 6) is -1.96. The first kappa shape index (κ1) is 28.1. The number of carbonyl (C=O) groups excluding carboxylic acids is 2. The van der Waals surface area contributed by atoms with Crippen LogP contribution < -0.4 is 16.4 Å². The third-order valence-corrected chi connectivity index (χ3v) is 5.16. The quantitative estimate of drug-likeness (QED) is 0.376. The molecular weight excluding hydrogens is 442 g/mol. The molecule has 0 bridgehead atoms. The Kier molecular flexibility index (Phi) is 12.2. The van der Waals surface area contributed by atoms with Gasteiger partial charge in [0.15, 0.2) is 0 Å². The SMILES string of the molecule is CC(C)CC(NC(=O)C(N)CCc1ccccc1)C(=O)NC(Cc1ccccc1)C(=O)O.Cl. The van der Waals surface area contributed by atoms with E-state index in [4.69, 9.17) is 5.73 Å². The number of amides is 2. The molecule has 3 atom stereocenters. The van der Waals surface area contributed by atoms with E-state index in [1.165, 1.54) is 0 Å². The van der Waals surface area contributed by atoms with Crippen LogP contribution in [0, 0.1) is 5.92 Å². The smallest absolute Gasteiger partial charge is 0.326 e. The lowest BCUT2D eigenvalue weighted by Crippen LogP contribution is -2.55. The highest BCUT2D eigenvalue weighted by Gasteiger charge is 2.28. The third-order valence-electron chi connectivity index (χ3n) is 5.16. The summed E-state index contributed by atoms with van der Waals surface area (Å²) in [4.78, 5) is 37.2. The maximum atomic E-state index is 12.9. The Morgan fingerprint density at radius 2 is 1.36 bits per heavy atom. The average Bonchev–Trinajstić information content (AvgIpc) is 2.77. The summed E-state index contributed by atoms with van der Waals surface area (Å²) in [6.07, 6.45) is 1.62. The van der Waals surface area contributed by atoms with Crippen LogP contribution in [0.1, 0.15) is 37.8 Å². The lowest BCUT2D eigenvalue weighted by molar-refractivity contribution is -0.142. The van der Waals surface area contributed by atoms with Gasteiger partial charge in [0.05, 0.1) is 6.04 Å². The molecule has 0 radical (unpaired) electrons. The van der Waals surface area contributed by atoms with Gasteiger partial charge in [-0.3, -0.25) is 9.59 Å². The van der Waals surface area contributed by atoms with Crippen molar-refractivity contribution in [2.24, 2.45) is 11.7 Å². The zero-order chi connectivity index (χ0) is 23.5. The van der Waals surface area contributed by atoms with Crippen LogP contribution in [-0.2, 0) is 27.2 Å². The van der Waals surface area contributed by atoms with Crippen molar-refractivity contribution in [2.45, 2.75) is 57.7 Å². The molecule has 180 valence electrons. The molecule has 7 nitrogen and oxygen atoms in total. The molecule has 0 fully saturated rings. The number of aliphatic carboxylic acids is 1. The van der Waals surface area contributed by atoms with Gasteiger partial charge in [-0.15, -0.1) is 12.4 Å². The van der Waals surface area contributed by atoms with Crippen LogP contribution in [0.3, 0.4) is 0 Å². The van der Waals surface area contributed by atoms with E-state index in [0.717, 1.165) is 11.1 Å². The van der Waals surface area contributed by atoms with Crippen molar-refractivity contribution in [3.8, 4) is 0 Å². The maximum absolute atomic E-state index is 12.9. The number of rotatable bonds is 12. The van der Waals surface area contributed by atoms with Gasteiger partial charge in [0.2, 0.25) is 11.8 Å². The van der Waals surface area contributed by atoms with Crippen molar-refractivity contribution < 1.29 is 19.5 Å². The van der Waals surface area contributed by atoms with Gasteiger partial charge in [-0.25, -0.2) is 4.79 Å². The monoisotopic (exact) mass is 475 g/mol. The molecule has 2 aromatic rings. The molecule has 0 heterocycles. The molecule has 0 aliphatic heterocycles. The van der Waals surface area contributed by atoms with Crippen LogP contribution in [0.2, 0.25) is 0 Å². The van der Waals surface area contributed by atoms with Gasteiger partial charge in [0, 0.05) is 6.42 Å². The largest absolute Gasteiger partial charge is 0.480 e. The molecule has 5 N–H and O–H groups in total. The second-order valence-electron chi connectivity index (χ2n) is 8.41. The fraction of sp³-hybridized carbons (Fsp3) is 0.400. The topological polar surface area (TPSA) is 122 Å². The minimum absolute atomic E-state index is 0. The van der Waals surface area contributed by atoms with Crippen molar-refractivity contribution in [3.63, 3.8) is 0 Å². The molecule has 0 spiro atoms. The number of hydrogen-bond acceptors (Lipinski definition) is 4. The highest BCUT2D eigenvalue weighted by atomic mass is 35.5. The van der Waals surface area contributed by atoms with Crippen LogP contribution >= 0.6 is 12.4 Å². The van der Waals surface area contributed by atoms with Crippen LogP contribution in [0.25, 0.3) is 0 Å². The lowest BCUT2D eigenvalue weighted by Gasteiger charge is -2.24. The number of carboxylic acids is 1. The van der Waals surface area contributed by atoms with Crippen LogP contribution in [0.4, 0.5) is 0 Å². The van der Waals surface area contributed by atoms with Crippen LogP contribution in [0.5, 0.6) is 0 Å². The van der Waals surface area contributed by atoms with Crippen LogP contribution in [0.15, 0.2) is 60.7 Å². The van der Waals surface area contributed by atoms with Gasteiger partial charge < -0.3 is 21.5 Å². The van der Waals surface area contributed by atoms with Crippen LogP contribution in [-0.4, -0.2) is 41.0 Å². The first-order valence-electron chi connectivity index (χ1n) is 10.9. The Hall–Kier alpha value is -2.90. The minimum atomic E-state index is -1.13. The van der Waals surface area contributed by atoms with E-state index in [2.05, 4.69) is 10.6 Å². The third kappa shape index (κ3) is 10.1. The molecule has 33 heavy (non-hydrogen) atoms. The molecule has 8 heteroatoms. The second-order valence-corrected chi connectivity index (χ2v) is 8.41. The summed E-state index contributed by atoms with van der Waals surface area (Å²) in [5, 5.41) is 14.9. The number of halogens is 1. The van der Waals surface area contributed by atoms with E-state index >= 15 is 0 Å². The van der Waals surface area contributed by atoms with Gasteiger partial charge in [0.1, 0.15) is 12.1 Å². The number of benzene rings is 2. The van der Waals surface area contributed by atoms with Crippen molar-refractivity contribution in [2.75, 3.05) is 0 Å². The Balaban J connectivity index is 0.00000544. The number of nitrogens with one attached hydrogen (secondary N) is 2. The number of carbonyl (C=O) groups is 3. The predicted molar refractivity (Wildman–Crippen MR) is 131 cm³/mol. The molecule has 2 amide bonds. The van der Waals surface area contributed by atoms with E-state index < -0.39 is 35.9 Å². The van der Waals surface area contributed by atoms with Gasteiger partial charge in [-0.2, -0.15) is 0 Å². The average molecular weight is 476 g/mol. The summed E-state index contributed by atoms with van der Waals surface area (Å²) in [6.45, 7) is 3.86. The summed E-state index contributed by atoms with van der Waals surface area (Å²) in [6, 6.07) is 16.1. The van der Waals surface area contributed by atoms with Crippen molar-refractivity contribution in [1.29, 1.82) is 0 Å². The fourth-order valence-electron chi connectivity index (χ4n) is 3.40. The van der Waals surface area contributed by atoms with E-state index in [-0.39, 0.29) is 24.7 Å². The highest BCUT2D eigenvalue weighted by molar-refractivity contribution is 5.91. The minimum Gasteiger partial charge on any atom is -0.480 e. The number of carboxylic acid groups (broad SMARTS) is 1. The summed E-state index contributed by atoms with van der Waals surface area (Å²) in [5.41, 5.74) is 7.94. The lowest BCUT2D eigenvalue weighted by atomic mass is 10.00. The molecule has 0 aliphatic carbocycles. The van der Waals surface area contributed by atoms with Gasteiger partial charge in [-0.1, -0.05) is 74.5 Å². The van der Waals surface area contributed by atoms with E-state index in [9.17, 15) is 19.5 Å². The summed E-state index contributed by atoms with van der Waals surface area (Å²) < 4.78 is 0. The van der Waals surface area contributed by atoms with E-state index in [1.807, 2.05) is 62.4 Å². The number of hydrogen-bond donors (Lipinski definition) is 4. The van der Waals surface area contributed by atoms with Gasteiger partial charge in [0.25, 0.3) is 0 Å². The first-order chi connectivity index (χ1) is 15.3. The number of nitrogens with two attached hydrogens (primary N) is 1. The molecule has 0 aliphatic rings. The predicted octanol–water partition coefficient (Wildman–Crippen LogP) is 2.71. The fourth-order valence-corrected chi connectivity index (χ4v) is 3.40. The second kappa shape index (κ2) is 14.3. The molecule has 0 saturated carbocycles. The zero-order valence-electron chi connectivity index (χ0n) is 19.1. The van der Waals surface area contributed by atoms with Gasteiger partial charge in [-0.05, 0) is 36.3 Å². The molecule has 2 aromatic carbocycles. The Bertz CT molecular complexity index is 878. The van der Waals surface area contributed by atoms with Gasteiger partial charge >= 0.3 is 5.97 Å². The Morgan fingerprint density at radius 3 is 1.88 bits per heavy atom. The zero-order valence-corrected chi connectivity index (χ0v) is 19.9. The van der Waals surface area contributed by atoms with Crippen molar-refractivity contribution in [1.82, 2.24) is 10.6 Å². The standard InChI is InChI=1S/C25H33N3O4.ClH/c1-17(2)15-21(27-23(29)20(26)14-13-18-9-5-3-6-10-18)24(30)28-22(25(31)32)16-19-11-7-4-8-12-19;/h3-12,17,20-22H,13-16,26H2,1-2H3,(H,27,29)(H,28,30)(H,31,32);1H. The molecule has 0 aromatic heterocycles. The Labute approximate surface area is 201 Å². The van der Waals surface area contributed by atoms with E-state index in [1.54, 1.807) is 12.1 Å². The molecular formula is C25H34ClN3O4. The summed E-state index contributed by atoms with van der Waals surface area (Å²) >= 11 is 0. The number of aryl methyl sites for hydroxylation is 1. The maximum Gasteiger partial charge on any atom is 0.326 e. The first-order valence-corrected chi connectivity index (χ1v) is 10.9. The summed E-state index contributed by atoms with van der Waals surface area (Å²) in [7, 11) is 0. The normalized spacial score (nSPS) is 13.3. The molecule has 2 rings (SSSR count). The highest BCUT2D eigenvalue weighted by Crippen LogP contribution is 2.09. The van der Waals surface area contributed by atoms with Crippen molar-refractivity contribution >= 4 is 30.2 Å². The molecule has 0 saturated heterocycles.